The smallest absolute Gasteiger partial charge is 0.422 e. The SMILES string of the molecule is CCOC(=O)c1nn(CC(=O)Nc2ccc(Cl)cn2)c(C(=O)NC2CCN(C(C)C)CC2)c1OCC(F)(F)F. The molecule has 3 heterocycles. The van der Waals surface area contributed by atoms with E-state index in [-0.39, 0.29) is 18.5 Å². The molecule has 1 aliphatic rings. The average molecular weight is 575 g/mol. The number of anilines is 1. The molecule has 2 N–H and O–H groups in total. The summed E-state index contributed by atoms with van der Waals surface area (Å²) >= 11 is 5.80. The molecule has 0 radical (unpaired) electrons. The number of halogens is 4. The highest BCUT2D eigenvalue weighted by Crippen LogP contribution is 2.28. The van der Waals surface area contributed by atoms with Gasteiger partial charge in [0.05, 0.1) is 11.6 Å². The highest BCUT2D eigenvalue weighted by atomic mass is 35.5. The van der Waals surface area contributed by atoms with E-state index in [1.54, 1.807) is 0 Å². The van der Waals surface area contributed by atoms with E-state index in [2.05, 4.69) is 39.5 Å². The van der Waals surface area contributed by atoms with Crippen LogP contribution >= 0.6 is 11.6 Å². The molecule has 0 aliphatic carbocycles. The van der Waals surface area contributed by atoms with Gasteiger partial charge in [-0.1, -0.05) is 11.6 Å². The van der Waals surface area contributed by atoms with Gasteiger partial charge < -0.3 is 25.0 Å². The Morgan fingerprint density at radius 1 is 1.21 bits per heavy atom. The van der Waals surface area contributed by atoms with Crippen LogP contribution in [0, 0.1) is 0 Å². The monoisotopic (exact) mass is 574 g/mol. The first-order valence-electron chi connectivity index (χ1n) is 12.3. The number of pyridine rings is 1. The molecule has 15 heteroatoms. The maximum atomic E-state index is 13.4. The number of amides is 2. The number of esters is 1. The molecule has 39 heavy (non-hydrogen) atoms. The molecule has 2 amide bonds. The van der Waals surface area contributed by atoms with Gasteiger partial charge in [0.25, 0.3) is 5.91 Å². The number of aromatic nitrogens is 3. The molecule has 11 nitrogen and oxygen atoms in total. The third kappa shape index (κ3) is 8.55. The molecule has 1 aliphatic heterocycles. The van der Waals surface area contributed by atoms with Crippen molar-refractivity contribution >= 4 is 35.2 Å². The average Bonchev–Trinajstić information content (AvgIpc) is 3.22. The van der Waals surface area contributed by atoms with Gasteiger partial charge in [-0.15, -0.1) is 0 Å². The van der Waals surface area contributed by atoms with Crippen molar-refractivity contribution in [2.24, 2.45) is 0 Å². The number of hydrogen-bond donors (Lipinski definition) is 2. The number of carbonyl (C=O) groups is 3. The molecule has 2 aromatic heterocycles. The van der Waals surface area contributed by atoms with Crippen LogP contribution in [-0.4, -0.2) is 82.0 Å². The lowest BCUT2D eigenvalue weighted by molar-refractivity contribution is -0.153. The Hall–Kier alpha value is -3.39. The van der Waals surface area contributed by atoms with E-state index in [0.717, 1.165) is 4.68 Å². The summed E-state index contributed by atoms with van der Waals surface area (Å²) in [5, 5.41) is 9.55. The van der Waals surface area contributed by atoms with E-state index in [1.807, 2.05) is 0 Å². The highest BCUT2D eigenvalue weighted by Gasteiger charge is 2.36. The van der Waals surface area contributed by atoms with Gasteiger partial charge in [0.1, 0.15) is 12.4 Å². The normalized spacial score (nSPS) is 14.8. The van der Waals surface area contributed by atoms with Crippen molar-refractivity contribution in [2.75, 3.05) is 31.6 Å². The van der Waals surface area contributed by atoms with Crippen LogP contribution in [0.5, 0.6) is 5.75 Å². The summed E-state index contributed by atoms with van der Waals surface area (Å²) in [4.78, 5) is 44.9. The van der Waals surface area contributed by atoms with Crippen LogP contribution in [0.1, 0.15) is 54.6 Å². The second kappa shape index (κ2) is 13.1. The Kier molecular flexibility index (Phi) is 10.1. The third-order valence-electron chi connectivity index (χ3n) is 5.86. The fourth-order valence-electron chi connectivity index (χ4n) is 3.99. The van der Waals surface area contributed by atoms with Crippen molar-refractivity contribution < 1.29 is 37.0 Å². The van der Waals surface area contributed by atoms with Crippen molar-refractivity contribution in [1.82, 2.24) is 25.0 Å². The van der Waals surface area contributed by atoms with Crippen LogP contribution < -0.4 is 15.4 Å². The summed E-state index contributed by atoms with van der Waals surface area (Å²) in [6.07, 6.45) is -2.27. The fraction of sp³-hybridized carbons (Fsp3) is 0.542. The number of carbonyl (C=O) groups excluding carboxylic acids is 3. The first-order chi connectivity index (χ1) is 18.4. The Balaban J connectivity index is 1.93. The van der Waals surface area contributed by atoms with E-state index in [0.29, 0.717) is 37.0 Å². The summed E-state index contributed by atoms with van der Waals surface area (Å²) < 4.78 is 49.8. The first kappa shape index (κ1) is 30.2. The van der Waals surface area contributed by atoms with Crippen LogP contribution in [-0.2, 0) is 16.1 Å². The number of alkyl halides is 3. The maximum absolute atomic E-state index is 13.4. The molecule has 0 atom stereocenters. The molecular weight excluding hydrogens is 545 g/mol. The Morgan fingerprint density at radius 2 is 1.90 bits per heavy atom. The van der Waals surface area contributed by atoms with E-state index in [1.165, 1.54) is 25.3 Å². The molecule has 1 fully saturated rings. The molecule has 214 valence electrons. The van der Waals surface area contributed by atoms with Crippen molar-refractivity contribution in [3.8, 4) is 5.75 Å². The largest absolute Gasteiger partial charge is 0.479 e. The quantitative estimate of drug-likeness (QED) is 0.414. The molecule has 0 bridgehead atoms. The van der Waals surface area contributed by atoms with Gasteiger partial charge in [-0.3, -0.25) is 9.59 Å². The highest BCUT2D eigenvalue weighted by molar-refractivity contribution is 6.30. The first-order valence-corrected chi connectivity index (χ1v) is 12.7. The molecule has 1 saturated heterocycles. The zero-order valence-electron chi connectivity index (χ0n) is 21.7. The summed E-state index contributed by atoms with van der Waals surface area (Å²) in [5.41, 5.74) is -1.16. The van der Waals surface area contributed by atoms with Crippen LogP contribution in [0.4, 0.5) is 19.0 Å². The van der Waals surface area contributed by atoms with Crippen molar-refractivity contribution in [2.45, 2.75) is 58.4 Å². The summed E-state index contributed by atoms with van der Waals surface area (Å²) in [6.45, 7) is 4.50. The van der Waals surface area contributed by atoms with Gasteiger partial charge in [0.2, 0.25) is 11.6 Å². The Morgan fingerprint density at radius 3 is 2.46 bits per heavy atom. The second-order valence-electron chi connectivity index (χ2n) is 9.10. The Bertz CT molecular complexity index is 1160. The fourth-order valence-corrected chi connectivity index (χ4v) is 4.10. The van der Waals surface area contributed by atoms with Gasteiger partial charge >= 0.3 is 12.1 Å². The zero-order valence-corrected chi connectivity index (χ0v) is 22.4. The number of rotatable bonds is 10. The van der Waals surface area contributed by atoms with Crippen LogP contribution in [0.3, 0.4) is 0 Å². The van der Waals surface area contributed by atoms with E-state index in [9.17, 15) is 27.6 Å². The lowest BCUT2D eigenvalue weighted by atomic mass is 10.0. The summed E-state index contributed by atoms with van der Waals surface area (Å²) in [5.74, 6) is -3.24. The van der Waals surface area contributed by atoms with E-state index >= 15 is 0 Å². The summed E-state index contributed by atoms with van der Waals surface area (Å²) in [6, 6.07) is 2.96. The molecule has 0 saturated carbocycles. The lowest BCUT2D eigenvalue weighted by Gasteiger charge is -2.34. The van der Waals surface area contributed by atoms with Crippen LogP contribution in [0.2, 0.25) is 5.02 Å². The van der Waals surface area contributed by atoms with E-state index in [4.69, 9.17) is 21.1 Å². The number of nitrogens with one attached hydrogen (secondary N) is 2. The molecule has 0 aromatic carbocycles. The van der Waals surface area contributed by atoms with Gasteiger partial charge in [-0.25, -0.2) is 14.5 Å². The second-order valence-corrected chi connectivity index (χ2v) is 9.53. The van der Waals surface area contributed by atoms with Gasteiger partial charge in [-0.05, 0) is 45.7 Å². The number of hydrogen-bond acceptors (Lipinski definition) is 8. The topological polar surface area (TPSA) is 128 Å². The molecule has 2 aromatic rings. The molecule has 3 rings (SSSR count). The van der Waals surface area contributed by atoms with Gasteiger partial charge in [0, 0.05) is 31.4 Å². The number of piperidine rings is 1. The summed E-state index contributed by atoms with van der Waals surface area (Å²) in [7, 11) is 0. The maximum Gasteiger partial charge on any atom is 0.422 e. The van der Waals surface area contributed by atoms with Crippen LogP contribution in [0.25, 0.3) is 0 Å². The molecule has 0 spiro atoms. The Labute approximate surface area is 228 Å². The minimum atomic E-state index is -4.77. The number of nitrogens with zero attached hydrogens (tertiary/aromatic N) is 4. The van der Waals surface area contributed by atoms with Gasteiger partial charge in [0.15, 0.2) is 18.1 Å². The minimum absolute atomic E-state index is 0.108. The lowest BCUT2D eigenvalue weighted by Crippen LogP contribution is -2.47. The number of ether oxygens (including phenoxy) is 2. The predicted molar refractivity (Wildman–Crippen MR) is 135 cm³/mol. The van der Waals surface area contributed by atoms with Crippen LogP contribution in [0.15, 0.2) is 18.3 Å². The van der Waals surface area contributed by atoms with Crippen molar-refractivity contribution in [3.05, 3.63) is 34.7 Å². The standard InChI is InChI=1S/C24H30ClF3N6O5/c1-4-38-23(37)19-21(39-13-24(26,27)28)20(22(36)30-16-7-9-33(10-8-16)14(2)3)34(32-19)12-18(35)31-17-6-5-15(25)11-29-17/h5-6,11,14,16H,4,7-10,12-13H2,1-3H3,(H,30,36)(H,29,31,35). The minimum Gasteiger partial charge on any atom is -0.479 e. The molecular formula is C24H30ClF3N6O5. The van der Waals surface area contributed by atoms with Gasteiger partial charge in [-0.2, -0.15) is 18.3 Å². The predicted octanol–water partition coefficient (Wildman–Crippen LogP) is 3.29. The van der Waals surface area contributed by atoms with Crippen molar-refractivity contribution in [3.63, 3.8) is 0 Å². The van der Waals surface area contributed by atoms with E-state index < -0.39 is 54.2 Å². The number of likely N-dealkylation sites (tertiary alicyclic amines) is 1. The van der Waals surface area contributed by atoms with Crippen molar-refractivity contribution in [1.29, 1.82) is 0 Å². The third-order valence-corrected chi connectivity index (χ3v) is 6.08. The zero-order chi connectivity index (χ0) is 28.7. The molecule has 0 unspecified atom stereocenters.